The fraction of sp³-hybridized carbons (Fsp3) is 0.636. The van der Waals surface area contributed by atoms with Crippen molar-refractivity contribution in [3.63, 3.8) is 0 Å². The number of allylic oxidation sites excluding steroid dienone is 3. The topological polar surface area (TPSA) is 0 Å². The molecule has 0 aromatic rings. The van der Waals surface area contributed by atoms with Crippen LogP contribution in [0.1, 0.15) is 38.5 Å². The molecular formula is C11H18. The van der Waals surface area contributed by atoms with E-state index >= 15 is 0 Å². The zero-order valence-electron chi connectivity index (χ0n) is 7.26. The largest absolute Gasteiger partial charge is 0.103 e. The van der Waals surface area contributed by atoms with Crippen LogP contribution in [0, 0.1) is 5.92 Å². The molecule has 0 aromatic heterocycles. The summed E-state index contributed by atoms with van der Waals surface area (Å²) in [7, 11) is 0. The Balaban J connectivity index is 2.09. The lowest BCUT2D eigenvalue weighted by Crippen LogP contribution is -1.99. The highest BCUT2D eigenvalue weighted by Crippen LogP contribution is 2.21. The van der Waals surface area contributed by atoms with Gasteiger partial charge in [-0.1, -0.05) is 18.2 Å². The van der Waals surface area contributed by atoms with Crippen molar-refractivity contribution in [1.82, 2.24) is 0 Å². The van der Waals surface area contributed by atoms with Crippen LogP contribution < -0.4 is 0 Å². The fourth-order valence-corrected chi connectivity index (χ4v) is 1.65. The summed E-state index contributed by atoms with van der Waals surface area (Å²) in [5, 5.41) is 0. The molecule has 0 heteroatoms. The number of hydrogen-bond acceptors (Lipinski definition) is 0. The third-order valence-electron chi connectivity index (χ3n) is 2.34. The molecular weight excluding hydrogens is 132 g/mol. The maximum Gasteiger partial charge on any atom is -0.0233 e. The molecule has 0 heterocycles. The average molecular weight is 150 g/mol. The van der Waals surface area contributed by atoms with E-state index in [0.29, 0.717) is 0 Å². The Bertz CT molecular complexity index is 133. The highest BCUT2D eigenvalue weighted by Gasteiger charge is 2.06. The van der Waals surface area contributed by atoms with Gasteiger partial charge in [0, 0.05) is 0 Å². The fourth-order valence-electron chi connectivity index (χ4n) is 1.65. The molecule has 0 aromatic carbocycles. The van der Waals surface area contributed by atoms with Gasteiger partial charge in [-0.25, -0.2) is 0 Å². The quantitative estimate of drug-likeness (QED) is 0.423. The zero-order valence-corrected chi connectivity index (χ0v) is 7.26. The summed E-state index contributed by atoms with van der Waals surface area (Å²) in [5.41, 5.74) is 0. The van der Waals surface area contributed by atoms with Gasteiger partial charge in [-0.2, -0.15) is 0 Å². The van der Waals surface area contributed by atoms with E-state index in [1.807, 2.05) is 6.08 Å². The van der Waals surface area contributed by atoms with Crippen LogP contribution in [0.3, 0.4) is 0 Å². The monoisotopic (exact) mass is 150 g/mol. The molecule has 1 rings (SSSR count). The standard InChI is InChI=1S/C11H18/c1-2-3-5-8-11-9-6-4-7-10-11/h2,6,9,11H,1,3-5,7-8,10H2. The summed E-state index contributed by atoms with van der Waals surface area (Å²) < 4.78 is 0. The Morgan fingerprint density at radius 1 is 1.55 bits per heavy atom. The van der Waals surface area contributed by atoms with Crippen molar-refractivity contribution in [3.05, 3.63) is 24.8 Å². The molecule has 0 saturated heterocycles. The van der Waals surface area contributed by atoms with Crippen molar-refractivity contribution in [2.24, 2.45) is 5.92 Å². The van der Waals surface area contributed by atoms with Gasteiger partial charge in [0.15, 0.2) is 0 Å². The normalized spacial score (nSPS) is 23.5. The second-order valence-corrected chi connectivity index (χ2v) is 3.34. The van der Waals surface area contributed by atoms with Crippen molar-refractivity contribution in [2.45, 2.75) is 38.5 Å². The van der Waals surface area contributed by atoms with E-state index in [1.165, 1.54) is 38.5 Å². The van der Waals surface area contributed by atoms with Crippen LogP contribution >= 0.6 is 0 Å². The molecule has 1 aliphatic rings. The minimum atomic E-state index is 0.878. The second-order valence-electron chi connectivity index (χ2n) is 3.34. The van der Waals surface area contributed by atoms with Crippen molar-refractivity contribution < 1.29 is 0 Å². The predicted molar refractivity (Wildman–Crippen MR) is 50.5 cm³/mol. The van der Waals surface area contributed by atoms with Crippen LogP contribution in [0.15, 0.2) is 24.8 Å². The molecule has 0 spiro atoms. The SMILES string of the molecule is C=CCCCC1C=CCCC1. The summed E-state index contributed by atoms with van der Waals surface area (Å²) >= 11 is 0. The van der Waals surface area contributed by atoms with E-state index in [0.717, 1.165) is 5.92 Å². The van der Waals surface area contributed by atoms with Gasteiger partial charge >= 0.3 is 0 Å². The molecule has 62 valence electrons. The van der Waals surface area contributed by atoms with Gasteiger partial charge in [-0.05, 0) is 44.4 Å². The predicted octanol–water partition coefficient (Wildman–Crippen LogP) is 3.70. The first-order chi connectivity index (χ1) is 5.43. The van der Waals surface area contributed by atoms with Crippen molar-refractivity contribution in [2.75, 3.05) is 0 Å². The molecule has 0 fully saturated rings. The van der Waals surface area contributed by atoms with Crippen molar-refractivity contribution in [3.8, 4) is 0 Å². The van der Waals surface area contributed by atoms with Crippen molar-refractivity contribution in [1.29, 1.82) is 0 Å². The van der Waals surface area contributed by atoms with Crippen LogP contribution in [0.2, 0.25) is 0 Å². The molecule has 0 N–H and O–H groups in total. The minimum absolute atomic E-state index is 0.878. The van der Waals surface area contributed by atoms with E-state index < -0.39 is 0 Å². The molecule has 0 nitrogen and oxygen atoms in total. The zero-order chi connectivity index (χ0) is 7.94. The highest BCUT2D eigenvalue weighted by atomic mass is 14.1. The molecule has 0 saturated carbocycles. The van der Waals surface area contributed by atoms with E-state index in [2.05, 4.69) is 18.7 Å². The number of hydrogen-bond donors (Lipinski definition) is 0. The van der Waals surface area contributed by atoms with Gasteiger partial charge in [0.1, 0.15) is 0 Å². The van der Waals surface area contributed by atoms with Crippen LogP contribution in [0.4, 0.5) is 0 Å². The minimum Gasteiger partial charge on any atom is -0.103 e. The first kappa shape index (κ1) is 8.58. The van der Waals surface area contributed by atoms with Crippen LogP contribution in [0.5, 0.6) is 0 Å². The Morgan fingerprint density at radius 2 is 2.45 bits per heavy atom. The van der Waals surface area contributed by atoms with Gasteiger partial charge in [0.05, 0.1) is 0 Å². The van der Waals surface area contributed by atoms with Crippen molar-refractivity contribution >= 4 is 0 Å². The van der Waals surface area contributed by atoms with Gasteiger partial charge < -0.3 is 0 Å². The second kappa shape index (κ2) is 5.17. The Hall–Kier alpha value is -0.520. The van der Waals surface area contributed by atoms with Gasteiger partial charge in [0.25, 0.3) is 0 Å². The Kier molecular flexibility index (Phi) is 4.03. The molecule has 0 aliphatic heterocycles. The van der Waals surface area contributed by atoms with Crippen LogP contribution in [0.25, 0.3) is 0 Å². The number of rotatable bonds is 4. The summed E-state index contributed by atoms with van der Waals surface area (Å²) in [6.07, 6.45) is 14.7. The molecule has 1 aliphatic carbocycles. The summed E-state index contributed by atoms with van der Waals surface area (Å²) in [6.45, 7) is 3.73. The molecule has 11 heavy (non-hydrogen) atoms. The summed E-state index contributed by atoms with van der Waals surface area (Å²) in [5.74, 6) is 0.878. The van der Waals surface area contributed by atoms with E-state index in [9.17, 15) is 0 Å². The smallest absolute Gasteiger partial charge is 0.0233 e. The van der Waals surface area contributed by atoms with E-state index in [1.54, 1.807) is 0 Å². The highest BCUT2D eigenvalue weighted by molar-refractivity contribution is 4.92. The van der Waals surface area contributed by atoms with Gasteiger partial charge in [0.2, 0.25) is 0 Å². The molecule has 1 atom stereocenters. The third-order valence-corrected chi connectivity index (χ3v) is 2.34. The van der Waals surface area contributed by atoms with Crippen LogP contribution in [-0.4, -0.2) is 0 Å². The average Bonchev–Trinajstić information content (AvgIpc) is 2.07. The lowest BCUT2D eigenvalue weighted by atomic mass is 9.91. The lowest BCUT2D eigenvalue weighted by Gasteiger charge is -2.14. The number of unbranched alkanes of at least 4 members (excludes halogenated alkanes) is 1. The third kappa shape index (κ3) is 3.41. The van der Waals surface area contributed by atoms with E-state index in [4.69, 9.17) is 0 Å². The summed E-state index contributed by atoms with van der Waals surface area (Å²) in [6, 6.07) is 0. The first-order valence-corrected chi connectivity index (χ1v) is 4.71. The first-order valence-electron chi connectivity index (χ1n) is 4.71. The van der Waals surface area contributed by atoms with Gasteiger partial charge in [-0.15, -0.1) is 6.58 Å². The van der Waals surface area contributed by atoms with E-state index in [-0.39, 0.29) is 0 Å². The Morgan fingerprint density at radius 3 is 3.09 bits per heavy atom. The summed E-state index contributed by atoms with van der Waals surface area (Å²) in [4.78, 5) is 0. The molecule has 1 unspecified atom stereocenters. The maximum atomic E-state index is 3.73. The Labute approximate surface area is 70.0 Å². The van der Waals surface area contributed by atoms with Gasteiger partial charge in [-0.3, -0.25) is 0 Å². The molecule has 0 amide bonds. The molecule has 0 bridgehead atoms. The lowest BCUT2D eigenvalue weighted by molar-refractivity contribution is 0.491. The van der Waals surface area contributed by atoms with Crippen LogP contribution in [-0.2, 0) is 0 Å². The molecule has 0 radical (unpaired) electrons. The maximum absolute atomic E-state index is 3.73.